The highest BCUT2D eigenvalue weighted by molar-refractivity contribution is 6.54. The third-order valence-electron chi connectivity index (χ3n) is 5.56. The molecule has 0 radical (unpaired) electrons. The molecule has 0 unspecified atom stereocenters. The quantitative estimate of drug-likeness (QED) is 0.701. The summed E-state index contributed by atoms with van der Waals surface area (Å²) in [6.45, 7) is 4.75. The van der Waals surface area contributed by atoms with Gasteiger partial charge in [0, 0.05) is 5.56 Å². The molecule has 1 saturated heterocycles. The van der Waals surface area contributed by atoms with Crippen molar-refractivity contribution in [1.29, 1.82) is 0 Å². The van der Waals surface area contributed by atoms with Gasteiger partial charge in [0.25, 0.3) is 5.91 Å². The molecular formula is C24H27N3O3. The summed E-state index contributed by atoms with van der Waals surface area (Å²) < 4.78 is 5.02. The number of rotatable bonds is 5. The number of nitrogens with zero attached hydrogens (tertiary/aromatic N) is 3. The molecule has 0 bridgehead atoms. The first-order valence-electron chi connectivity index (χ1n) is 10.7. The Labute approximate surface area is 177 Å². The van der Waals surface area contributed by atoms with E-state index < -0.39 is 0 Å². The lowest BCUT2D eigenvalue weighted by molar-refractivity contribution is -0.112. The Balaban J connectivity index is 1.59. The Morgan fingerprint density at radius 3 is 2.40 bits per heavy atom. The number of ether oxygens (including phenoxy) is 1. The molecule has 0 aromatic heterocycles. The molecule has 0 spiro atoms. The minimum atomic E-state index is -0.359. The highest BCUT2D eigenvalue weighted by atomic mass is 16.5. The Morgan fingerprint density at radius 1 is 1.00 bits per heavy atom. The number of hydrogen-bond donors (Lipinski definition) is 0. The first-order valence-corrected chi connectivity index (χ1v) is 10.7. The van der Waals surface area contributed by atoms with E-state index in [1.807, 2.05) is 29.2 Å². The summed E-state index contributed by atoms with van der Waals surface area (Å²) in [6.07, 6.45) is 4.87. The van der Waals surface area contributed by atoms with Crippen LogP contribution >= 0.6 is 0 Å². The molecule has 6 heteroatoms. The monoisotopic (exact) mass is 405 g/mol. The molecular weight excluding hydrogens is 378 g/mol. The van der Waals surface area contributed by atoms with Crippen LogP contribution in [0.1, 0.15) is 48.5 Å². The van der Waals surface area contributed by atoms with E-state index in [2.05, 4.69) is 9.89 Å². The Kier molecular flexibility index (Phi) is 6.23. The minimum absolute atomic E-state index is 0.0742. The highest BCUT2D eigenvalue weighted by Crippen LogP contribution is 2.31. The Bertz CT molecular complexity index is 944. The number of benzene rings is 2. The summed E-state index contributed by atoms with van der Waals surface area (Å²) in [7, 11) is 0. The van der Waals surface area contributed by atoms with Crippen molar-refractivity contribution >= 4 is 29.0 Å². The molecule has 0 atom stereocenters. The molecule has 2 aromatic rings. The summed E-state index contributed by atoms with van der Waals surface area (Å²) in [5, 5.41) is 0. The van der Waals surface area contributed by atoms with Crippen molar-refractivity contribution in [3.8, 4) is 0 Å². The van der Waals surface area contributed by atoms with Crippen molar-refractivity contribution in [3.63, 3.8) is 0 Å². The molecule has 0 aliphatic carbocycles. The van der Waals surface area contributed by atoms with Crippen LogP contribution in [0.15, 0.2) is 53.5 Å². The number of amides is 1. The molecule has 1 fully saturated rings. The molecule has 1 amide bonds. The number of fused-ring (bicyclic) bond motifs is 1. The molecule has 2 aromatic carbocycles. The number of carbonyl (C=O) groups is 2. The van der Waals surface area contributed by atoms with E-state index in [0.29, 0.717) is 30.2 Å². The van der Waals surface area contributed by atoms with Crippen LogP contribution in [0.4, 0.5) is 11.4 Å². The number of anilines is 1. The van der Waals surface area contributed by atoms with Gasteiger partial charge in [-0.2, -0.15) is 0 Å². The second-order valence-corrected chi connectivity index (χ2v) is 7.65. The fourth-order valence-electron chi connectivity index (χ4n) is 4.00. The van der Waals surface area contributed by atoms with Crippen LogP contribution in [-0.2, 0) is 9.53 Å². The smallest absolute Gasteiger partial charge is 0.338 e. The predicted molar refractivity (Wildman–Crippen MR) is 117 cm³/mol. The van der Waals surface area contributed by atoms with Crippen LogP contribution in [0, 0.1) is 0 Å². The third kappa shape index (κ3) is 4.28. The molecule has 6 nitrogen and oxygen atoms in total. The number of esters is 1. The first-order chi connectivity index (χ1) is 14.7. The fraction of sp³-hybridized carbons (Fsp3) is 0.375. The largest absolute Gasteiger partial charge is 0.462 e. The zero-order chi connectivity index (χ0) is 20.9. The summed E-state index contributed by atoms with van der Waals surface area (Å²) >= 11 is 0. The second-order valence-electron chi connectivity index (χ2n) is 7.65. The van der Waals surface area contributed by atoms with Gasteiger partial charge in [-0.15, -0.1) is 0 Å². The van der Waals surface area contributed by atoms with Crippen molar-refractivity contribution in [1.82, 2.24) is 4.90 Å². The van der Waals surface area contributed by atoms with Gasteiger partial charge in [0.1, 0.15) is 5.71 Å². The molecule has 2 aliphatic rings. The van der Waals surface area contributed by atoms with E-state index in [1.54, 1.807) is 31.2 Å². The maximum Gasteiger partial charge on any atom is 0.338 e. The number of para-hydroxylation sites is 1. The zero-order valence-electron chi connectivity index (χ0n) is 17.3. The van der Waals surface area contributed by atoms with Crippen LogP contribution in [-0.4, -0.2) is 48.9 Å². The maximum absolute atomic E-state index is 13.3. The van der Waals surface area contributed by atoms with Gasteiger partial charge in [0.05, 0.1) is 30.2 Å². The lowest BCUT2D eigenvalue weighted by Gasteiger charge is -2.26. The standard InChI is InChI=1S/C24H27N3O3/c1-2-30-24(29)18-11-13-19(14-12-18)25-22-20-9-5-6-10-21(20)27(23(22)28)17-26-15-7-3-4-8-16-26/h5-6,9-14H,2-4,7-8,15-17H2,1H3. The van der Waals surface area contributed by atoms with E-state index in [9.17, 15) is 9.59 Å². The lowest BCUT2D eigenvalue weighted by Crippen LogP contribution is -2.41. The molecule has 0 saturated carbocycles. The summed E-state index contributed by atoms with van der Waals surface area (Å²) in [5.41, 5.74) is 3.32. The van der Waals surface area contributed by atoms with Crippen molar-refractivity contribution in [2.75, 3.05) is 31.3 Å². The van der Waals surface area contributed by atoms with Gasteiger partial charge >= 0.3 is 5.97 Å². The molecule has 4 rings (SSSR count). The molecule has 2 heterocycles. The summed E-state index contributed by atoms with van der Waals surface area (Å²) in [5.74, 6) is -0.433. The Morgan fingerprint density at radius 2 is 1.70 bits per heavy atom. The molecule has 30 heavy (non-hydrogen) atoms. The van der Waals surface area contributed by atoms with Crippen LogP contribution in [0.25, 0.3) is 0 Å². The minimum Gasteiger partial charge on any atom is -0.462 e. The van der Waals surface area contributed by atoms with Gasteiger partial charge < -0.3 is 4.74 Å². The first kappa shape index (κ1) is 20.3. The van der Waals surface area contributed by atoms with E-state index in [4.69, 9.17) is 4.74 Å². The van der Waals surface area contributed by atoms with Gasteiger partial charge in [-0.25, -0.2) is 9.79 Å². The van der Waals surface area contributed by atoms with Gasteiger partial charge in [-0.05, 0) is 63.2 Å². The summed E-state index contributed by atoms with van der Waals surface area (Å²) in [6, 6.07) is 14.7. The van der Waals surface area contributed by atoms with E-state index in [1.165, 1.54) is 25.7 Å². The van der Waals surface area contributed by atoms with Crippen LogP contribution < -0.4 is 4.90 Å². The Hall–Kier alpha value is -2.99. The summed E-state index contributed by atoms with van der Waals surface area (Å²) in [4.78, 5) is 34.0. The average molecular weight is 405 g/mol. The van der Waals surface area contributed by atoms with Crippen LogP contribution in [0.5, 0.6) is 0 Å². The van der Waals surface area contributed by atoms with Crippen molar-refractivity contribution in [2.24, 2.45) is 4.99 Å². The van der Waals surface area contributed by atoms with E-state index in [0.717, 1.165) is 24.3 Å². The van der Waals surface area contributed by atoms with Crippen LogP contribution in [0.2, 0.25) is 0 Å². The van der Waals surface area contributed by atoms with E-state index in [-0.39, 0.29) is 11.9 Å². The topological polar surface area (TPSA) is 62.2 Å². The maximum atomic E-state index is 13.3. The third-order valence-corrected chi connectivity index (χ3v) is 5.56. The van der Waals surface area contributed by atoms with Gasteiger partial charge in [0.15, 0.2) is 0 Å². The number of hydrogen-bond acceptors (Lipinski definition) is 5. The molecule has 2 aliphatic heterocycles. The predicted octanol–water partition coefficient (Wildman–Crippen LogP) is 4.16. The highest BCUT2D eigenvalue weighted by Gasteiger charge is 2.34. The zero-order valence-corrected chi connectivity index (χ0v) is 17.3. The number of carbonyl (C=O) groups excluding carboxylic acids is 2. The van der Waals surface area contributed by atoms with Crippen molar-refractivity contribution < 1.29 is 14.3 Å². The van der Waals surface area contributed by atoms with E-state index >= 15 is 0 Å². The van der Waals surface area contributed by atoms with Gasteiger partial charge in [0.2, 0.25) is 0 Å². The average Bonchev–Trinajstić information content (AvgIpc) is 2.93. The van der Waals surface area contributed by atoms with Gasteiger partial charge in [-0.3, -0.25) is 14.6 Å². The molecule has 0 N–H and O–H groups in total. The molecule has 156 valence electrons. The second kappa shape index (κ2) is 9.22. The van der Waals surface area contributed by atoms with Crippen molar-refractivity contribution in [2.45, 2.75) is 32.6 Å². The van der Waals surface area contributed by atoms with Gasteiger partial charge in [-0.1, -0.05) is 31.0 Å². The number of aliphatic imine (C=N–C) groups is 1. The number of likely N-dealkylation sites (tertiary alicyclic amines) is 1. The normalized spacial score (nSPS) is 18.4. The lowest BCUT2D eigenvalue weighted by atomic mass is 10.1. The van der Waals surface area contributed by atoms with Crippen molar-refractivity contribution in [3.05, 3.63) is 59.7 Å². The fourth-order valence-corrected chi connectivity index (χ4v) is 4.00. The SMILES string of the molecule is CCOC(=O)c1ccc(N=C2C(=O)N(CN3CCCCCC3)c3ccccc32)cc1. The van der Waals surface area contributed by atoms with Crippen LogP contribution in [0.3, 0.4) is 0 Å².